The van der Waals surface area contributed by atoms with Crippen LogP contribution in [0.3, 0.4) is 0 Å². The molecular weight excluding hydrogens is 581 g/mol. The van der Waals surface area contributed by atoms with Gasteiger partial charge >= 0.3 is 0 Å². The van der Waals surface area contributed by atoms with Gasteiger partial charge in [0.2, 0.25) is 0 Å². The number of allylic oxidation sites excluding steroid dienone is 2. The number of hydrogen-bond donors (Lipinski definition) is 1. The predicted octanol–water partition coefficient (Wildman–Crippen LogP) is 9.84. The van der Waals surface area contributed by atoms with E-state index >= 15 is 0 Å². The molecule has 0 bridgehead atoms. The summed E-state index contributed by atoms with van der Waals surface area (Å²) in [7, 11) is 1.67. The van der Waals surface area contributed by atoms with E-state index in [9.17, 15) is 0 Å². The van der Waals surface area contributed by atoms with Crippen LogP contribution in [0.1, 0.15) is 35.1 Å². The van der Waals surface area contributed by atoms with Crippen molar-refractivity contribution in [2.45, 2.75) is 25.0 Å². The number of anilines is 1. The fourth-order valence-electron chi connectivity index (χ4n) is 5.58. The van der Waals surface area contributed by atoms with Gasteiger partial charge in [0.05, 0.1) is 27.7 Å². The standard InChI is InChI=1S/C32H26BrCl2NO2/c1-37-30-17-22(16-26(33)32(30)38-18-19-10-12-27(34)28(35)14-19)31-24-9-5-8-23(24)25-15-21(11-13-29(25)36-31)20-6-3-2-4-7-20/h2-8,10-17,23-24,31,36H,9,18H2,1H3/t23-,24+,31+/m1/s1. The highest BCUT2D eigenvalue weighted by atomic mass is 79.9. The van der Waals surface area contributed by atoms with Crippen LogP contribution in [0.15, 0.2) is 95.5 Å². The van der Waals surface area contributed by atoms with Crippen molar-refractivity contribution >= 4 is 44.8 Å². The third-order valence-corrected chi connectivity index (χ3v) is 8.78. The molecule has 4 aromatic carbocycles. The molecule has 6 heteroatoms. The molecule has 2 aliphatic rings. The second-order valence-corrected chi connectivity index (χ2v) is 11.4. The zero-order valence-electron chi connectivity index (χ0n) is 20.8. The molecule has 0 saturated carbocycles. The number of ether oxygens (including phenoxy) is 2. The van der Waals surface area contributed by atoms with Crippen molar-refractivity contribution in [2.75, 3.05) is 12.4 Å². The van der Waals surface area contributed by atoms with Gasteiger partial charge in [-0.25, -0.2) is 0 Å². The van der Waals surface area contributed by atoms with Gasteiger partial charge in [-0.2, -0.15) is 0 Å². The number of benzene rings is 4. The summed E-state index contributed by atoms with van der Waals surface area (Å²) in [5.74, 6) is 2.11. The number of fused-ring (bicyclic) bond motifs is 3. The van der Waals surface area contributed by atoms with E-state index in [2.05, 4.69) is 94.1 Å². The Morgan fingerprint density at radius 1 is 0.921 bits per heavy atom. The summed E-state index contributed by atoms with van der Waals surface area (Å²) in [4.78, 5) is 0. The highest BCUT2D eigenvalue weighted by Gasteiger charge is 2.38. The normalized spacial score (nSPS) is 19.4. The van der Waals surface area contributed by atoms with Crippen LogP contribution in [0.25, 0.3) is 11.1 Å². The molecule has 0 fully saturated rings. The number of methoxy groups -OCH3 is 1. The van der Waals surface area contributed by atoms with Gasteiger partial charge in [-0.05, 0) is 92.5 Å². The first kappa shape index (κ1) is 25.4. The molecule has 0 unspecified atom stereocenters. The van der Waals surface area contributed by atoms with E-state index in [1.54, 1.807) is 13.2 Å². The summed E-state index contributed by atoms with van der Waals surface area (Å²) >= 11 is 16.0. The Bertz CT molecular complexity index is 1520. The Morgan fingerprint density at radius 3 is 2.55 bits per heavy atom. The highest BCUT2D eigenvalue weighted by Crippen LogP contribution is 2.52. The van der Waals surface area contributed by atoms with Gasteiger partial charge in [0, 0.05) is 11.6 Å². The van der Waals surface area contributed by atoms with E-state index in [-0.39, 0.29) is 6.04 Å². The summed E-state index contributed by atoms with van der Waals surface area (Å²) in [6.45, 7) is 0.346. The van der Waals surface area contributed by atoms with Crippen molar-refractivity contribution in [1.82, 2.24) is 0 Å². The molecule has 6 rings (SSSR count). The number of halogens is 3. The van der Waals surface area contributed by atoms with Crippen molar-refractivity contribution in [1.29, 1.82) is 0 Å². The fourth-order valence-corrected chi connectivity index (χ4v) is 6.47. The summed E-state index contributed by atoms with van der Waals surface area (Å²) in [5, 5.41) is 4.88. The second-order valence-electron chi connectivity index (χ2n) is 9.71. The largest absolute Gasteiger partial charge is 0.493 e. The van der Waals surface area contributed by atoms with E-state index in [4.69, 9.17) is 32.7 Å². The third-order valence-electron chi connectivity index (χ3n) is 7.45. The first-order valence-electron chi connectivity index (χ1n) is 12.6. The second kappa shape index (κ2) is 10.7. The van der Waals surface area contributed by atoms with E-state index in [0.29, 0.717) is 40.0 Å². The van der Waals surface area contributed by atoms with Crippen LogP contribution in [-0.4, -0.2) is 7.11 Å². The molecule has 1 heterocycles. The smallest absolute Gasteiger partial charge is 0.175 e. The molecule has 0 saturated heterocycles. The lowest BCUT2D eigenvalue weighted by Crippen LogP contribution is -2.29. The molecule has 0 amide bonds. The van der Waals surface area contributed by atoms with Crippen molar-refractivity contribution in [2.24, 2.45) is 5.92 Å². The van der Waals surface area contributed by atoms with Gasteiger partial charge in [0.25, 0.3) is 0 Å². The first-order chi connectivity index (χ1) is 18.5. The molecule has 1 aliphatic heterocycles. The van der Waals surface area contributed by atoms with Gasteiger partial charge in [-0.3, -0.25) is 0 Å². The van der Waals surface area contributed by atoms with Crippen LogP contribution in [0.5, 0.6) is 11.5 Å². The van der Waals surface area contributed by atoms with Crippen molar-refractivity contribution < 1.29 is 9.47 Å². The Hall–Kier alpha value is -2.92. The zero-order valence-corrected chi connectivity index (χ0v) is 23.9. The topological polar surface area (TPSA) is 30.5 Å². The van der Waals surface area contributed by atoms with E-state index in [0.717, 1.165) is 22.0 Å². The monoisotopic (exact) mass is 605 g/mol. The van der Waals surface area contributed by atoms with Crippen LogP contribution >= 0.6 is 39.1 Å². The van der Waals surface area contributed by atoms with Gasteiger partial charge < -0.3 is 14.8 Å². The van der Waals surface area contributed by atoms with Crippen LogP contribution in [0.2, 0.25) is 10.0 Å². The lowest BCUT2D eigenvalue weighted by atomic mass is 9.76. The average molecular weight is 607 g/mol. The number of hydrogen-bond acceptors (Lipinski definition) is 3. The molecule has 0 aromatic heterocycles. The Balaban J connectivity index is 1.29. The molecule has 0 radical (unpaired) electrons. The minimum absolute atomic E-state index is 0.138. The average Bonchev–Trinajstić information content (AvgIpc) is 3.44. The van der Waals surface area contributed by atoms with Crippen molar-refractivity contribution in [3.8, 4) is 22.6 Å². The highest BCUT2D eigenvalue weighted by molar-refractivity contribution is 9.10. The van der Waals surface area contributed by atoms with Gasteiger partial charge in [-0.1, -0.05) is 77.8 Å². The number of rotatable bonds is 6. The molecule has 3 nitrogen and oxygen atoms in total. The molecule has 3 atom stereocenters. The third kappa shape index (κ3) is 4.82. The van der Waals surface area contributed by atoms with Crippen molar-refractivity contribution in [3.05, 3.63) is 122 Å². The van der Waals surface area contributed by atoms with Crippen LogP contribution in [0.4, 0.5) is 5.69 Å². The molecule has 192 valence electrons. The maximum Gasteiger partial charge on any atom is 0.175 e. The Morgan fingerprint density at radius 2 is 1.76 bits per heavy atom. The quantitative estimate of drug-likeness (QED) is 0.222. The fraction of sp³-hybridized carbons (Fsp3) is 0.188. The van der Waals surface area contributed by atoms with Gasteiger partial charge in [-0.15, -0.1) is 0 Å². The van der Waals surface area contributed by atoms with Crippen molar-refractivity contribution in [3.63, 3.8) is 0 Å². The molecule has 0 spiro atoms. The molecule has 1 N–H and O–H groups in total. The molecule has 4 aromatic rings. The van der Waals surface area contributed by atoms with Crippen LogP contribution < -0.4 is 14.8 Å². The molecular formula is C32H26BrCl2NO2. The minimum Gasteiger partial charge on any atom is -0.493 e. The lowest BCUT2D eigenvalue weighted by molar-refractivity contribution is 0.282. The first-order valence-corrected chi connectivity index (χ1v) is 14.1. The van der Waals surface area contributed by atoms with Crippen LogP contribution in [-0.2, 0) is 6.61 Å². The van der Waals surface area contributed by atoms with Gasteiger partial charge in [0.1, 0.15) is 6.61 Å². The minimum atomic E-state index is 0.138. The maximum atomic E-state index is 6.18. The Kier molecular flexibility index (Phi) is 7.13. The summed E-state index contributed by atoms with van der Waals surface area (Å²) in [6.07, 6.45) is 5.70. The lowest BCUT2D eigenvalue weighted by Gasteiger charge is -2.38. The summed E-state index contributed by atoms with van der Waals surface area (Å²) < 4.78 is 12.8. The molecule has 38 heavy (non-hydrogen) atoms. The van der Waals surface area contributed by atoms with Crippen LogP contribution in [0, 0.1) is 5.92 Å². The SMILES string of the molecule is COc1cc([C@@H]2Nc3ccc(-c4ccccc4)cc3[C@@H]3C=CC[C@@H]32)cc(Br)c1OCc1ccc(Cl)c(Cl)c1. The Labute approximate surface area is 241 Å². The van der Waals surface area contributed by atoms with E-state index in [1.165, 1.54) is 22.4 Å². The summed E-state index contributed by atoms with van der Waals surface area (Å²) in [5.41, 5.74) is 7.11. The maximum absolute atomic E-state index is 6.18. The van der Waals surface area contributed by atoms with E-state index in [1.807, 2.05) is 12.1 Å². The summed E-state index contributed by atoms with van der Waals surface area (Å²) in [6, 6.07) is 27.2. The van der Waals surface area contributed by atoms with Gasteiger partial charge in [0.15, 0.2) is 11.5 Å². The number of nitrogens with one attached hydrogen (secondary N) is 1. The van der Waals surface area contributed by atoms with E-state index < -0.39 is 0 Å². The molecule has 1 aliphatic carbocycles. The predicted molar refractivity (Wildman–Crippen MR) is 160 cm³/mol. The zero-order chi connectivity index (χ0) is 26.2.